The lowest BCUT2D eigenvalue weighted by atomic mass is 9.88. The van der Waals surface area contributed by atoms with Gasteiger partial charge in [-0.05, 0) is 55.3 Å². The average Bonchev–Trinajstić information content (AvgIpc) is 2.75. The molecule has 1 saturated heterocycles. The van der Waals surface area contributed by atoms with Crippen LogP contribution in [-0.4, -0.2) is 31.0 Å². The van der Waals surface area contributed by atoms with Crippen LogP contribution in [0, 0.1) is 0 Å². The number of ether oxygens (including phenoxy) is 1. The van der Waals surface area contributed by atoms with E-state index in [1.54, 1.807) is 25.9 Å². The number of benzene rings is 2. The van der Waals surface area contributed by atoms with Crippen molar-refractivity contribution in [3.05, 3.63) is 59.7 Å². The van der Waals surface area contributed by atoms with Crippen molar-refractivity contribution >= 4 is 28.5 Å². The minimum Gasteiger partial charge on any atom is -0.497 e. The topological polar surface area (TPSA) is 62.7 Å². The van der Waals surface area contributed by atoms with Crippen LogP contribution < -0.4 is 15.4 Å². The first-order valence-electron chi connectivity index (χ1n) is 9.48. The molecule has 2 N–H and O–H groups in total. The maximum absolute atomic E-state index is 12.5. The molecular formula is C22H29N3O2S. The van der Waals surface area contributed by atoms with Crippen molar-refractivity contribution in [2.75, 3.05) is 25.2 Å². The summed E-state index contributed by atoms with van der Waals surface area (Å²) in [7, 11) is 3.42. The summed E-state index contributed by atoms with van der Waals surface area (Å²) in [6.07, 6.45) is 1.01. The highest BCUT2D eigenvalue weighted by Gasteiger charge is 2.31. The van der Waals surface area contributed by atoms with Gasteiger partial charge in [0.05, 0.1) is 12.6 Å². The molecule has 0 saturated carbocycles. The van der Waals surface area contributed by atoms with Gasteiger partial charge in [-0.3, -0.25) is 9.79 Å². The minimum absolute atomic E-state index is 0.130. The van der Waals surface area contributed by atoms with E-state index in [2.05, 4.69) is 22.5 Å². The molecule has 1 aliphatic heterocycles. The highest BCUT2D eigenvalue weighted by Crippen LogP contribution is 2.31. The molecular weight excluding hydrogens is 370 g/mol. The van der Waals surface area contributed by atoms with Gasteiger partial charge in [0, 0.05) is 24.1 Å². The van der Waals surface area contributed by atoms with E-state index in [1.165, 1.54) is 0 Å². The molecule has 0 aliphatic carbocycles. The molecule has 2 aromatic rings. The Hall–Kier alpha value is -2.47. The second-order valence-corrected chi connectivity index (χ2v) is 7.43. The highest BCUT2D eigenvalue weighted by atomic mass is 32.2. The molecule has 1 atom stereocenters. The van der Waals surface area contributed by atoms with Crippen molar-refractivity contribution in [2.24, 2.45) is 4.99 Å². The summed E-state index contributed by atoms with van der Waals surface area (Å²) in [5.41, 5.74) is 2.36. The number of nitrogens with zero attached hydrogens (tertiary/aromatic N) is 1. The molecule has 6 heteroatoms. The zero-order chi connectivity index (χ0) is 20.6. The Morgan fingerprint density at radius 1 is 1.14 bits per heavy atom. The fourth-order valence-electron chi connectivity index (χ4n) is 2.89. The molecule has 1 heterocycles. The molecule has 0 aromatic heterocycles. The Balaban J connectivity index is 0.00000136. The van der Waals surface area contributed by atoms with E-state index in [1.807, 2.05) is 62.4 Å². The normalized spacial score (nSPS) is 19.8. The molecule has 1 amide bonds. The lowest BCUT2D eigenvalue weighted by molar-refractivity contribution is 0.102. The van der Waals surface area contributed by atoms with E-state index in [-0.39, 0.29) is 11.4 Å². The summed E-state index contributed by atoms with van der Waals surface area (Å²) in [4.78, 5) is 16.7. The molecule has 3 rings (SSSR count). The number of amides is 1. The third-order valence-electron chi connectivity index (χ3n) is 4.56. The third kappa shape index (κ3) is 5.29. The summed E-state index contributed by atoms with van der Waals surface area (Å²) < 4.78 is 5.13. The summed E-state index contributed by atoms with van der Waals surface area (Å²) in [5, 5.41) is 7.36. The second kappa shape index (κ2) is 10.2. The SMILES string of the molecule is CC.CN=C1NC(C)(c2ccc(C(=O)Nc3ccc(OC)cc3)cc2)CCS1. The van der Waals surface area contributed by atoms with E-state index in [4.69, 9.17) is 4.74 Å². The molecule has 5 nitrogen and oxygen atoms in total. The number of carbonyl (C=O) groups excluding carboxylic acids is 1. The van der Waals surface area contributed by atoms with Crippen molar-refractivity contribution in [3.63, 3.8) is 0 Å². The van der Waals surface area contributed by atoms with E-state index >= 15 is 0 Å². The van der Waals surface area contributed by atoms with Gasteiger partial charge in [0.1, 0.15) is 5.75 Å². The van der Waals surface area contributed by atoms with Gasteiger partial charge in [-0.1, -0.05) is 37.7 Å². The molecule has 1 aliphatic rings. The molecule has 1 unspecified atom stereocenters. The van der Waals surface area contributed by atoms with Gasteiger partial charge in [-0.25, -0.2) is 0 Å². The van der Waals surface area contributed by atoms with E-state index in [9.17, 15) is 4.79 Å². The van der Waals surface area contributed by atoms with Crippen molar-refractivity contribution in [3.8, 4) is 5.75 Å². The van der Waals surface area contributed by atoms with Crippen molar-refractivity contribution < 1.29 is 9.53 Å². The number of nitrogens with one attached hydrogen (secondary N) is 2. The van der Waals surface area contributed by atoms with Gasteiger partial charge in [0.25, 0.3) is 5.91 Å². The first-order valence-corrected chi connectivity index (χ1v) is 10.5. The molecule has 0 spiro atoms. The number of hydrogen-bond acceptors (Lipinski definition) is 4. The van der Waals surface area contributed by atoms with E-state index < -0.39 is 0 Å². The fraction of sp³-hybridized carbons (Fsp3) is 0.364. The average molecular weight is 400 g/mol. The predicted octanol–water partition coefficient (Wildman–Crippen LogP) is 4.90. The maximum atomic E-state index is 12.5. The summed E-state index contributed by atoms with van der Waals surface area (Å²) in [5.74, 6) is 1.65. The highest BCUT2D eigenvalue weighted by molar-refractivity contribution is 8.13. The van der Waals surface area contributed by atoms with Crippen molar-refractivity contribution in [1.29, 1.82) is 0 Å². The van der Waals surface area contributed by atoms with Crippen LogP contribution in [0.3, 0.4) is 0 Å². The number of anilines is 1. The second-order valence-electron chi connectivity index (χ2n) is 6.34. The Labute approximate surface area is 172 Å². The number of rotatable bonds is 4. The van der Waals surface area contributed by atoms with Crippen LogP contribution in [0.15, 0.2) is 53.5 Å². The third-order valence-corrected chi connectivity index (χ3v) is 5.53. The number of carbonyl (C=O) groups is 1. The summed E-state index contributed by atoms with van der Waals surface area (Å²) in [6.45, 7) is 6.17. The van der Waals surface area contributed by atoms with Gasteiger partial charge in [-0.2, -0.15) is 0 Å². The lowest BCUT2D eigenvalue weighted by Crippen LogP contribution is -2.46. The smallest absolute Gasteiger partial charge is 0.255 e. The van der Waals surface area contributed by atoms with E-state index in [0.717, 1.165) is 34.3 Å². The largest absolute Gasteiger partial charge is 0.497 e. The van der Waals surface area contributed by atoms with Gasteiger partial charge in [0.2, 0.25) is 0 Å². The number of amidine groups is 1. The van der Waals surface area contributed by atoms with Crippen LogP contribution in [0.5, 0.6) is 5.75 Å². The molecule has 28 heavy (non-hydrogen) atoms. The van der Waals surface area contributed by atoms with Crippen LogP contribution in [0.2, 0.25) is 0 Å². The van der Waals surface area contributed by atoms with Crippen molar-refractivity contribution in [2.45, 2.75) is 32.7 Å². The number of hydrogen-bond donors (Lipinski definition) is 2. The maximum Gasteiger partial charge on any atom is 0.255 e. The quantitative estimate of drug-likeness (QED) is 0.767. The van der Waals surface area contributed by atoms with Crippen LogP contribution >= 0.6 is 11.8 Å². The van der Waals surface area contributed by atoms with Gasteiger partial charge >= 0.3 is 0 Å². The standard InChI is InChI=1S/C20H23N3O2S.C2H6/c1-20(12-13-26-19(21-2)23-20)15-6-4-14(5-7-15)18(24)22-16-8-10-17(25-3)11-9-16;1-2/h4-11H,12-13H2,1-3H3,(H,21,23)(H,22,24);1-2H3. The van der Waals surface area contributed by atoms with Crippen LogP contribution in [-0.2, 0) is 5.54 Å². The van der Waals surface area contributed by atoms with Crippen LogP contribution in [0.25, 0.3) is 0 Å². The first kappa shape index (κ1) is 21.8. The van der Waals surface area contributed by atoms with Gasteiger partial charge in [-0.15, -0.1) is 0 Å². The summed E-state index contributed by atoms with van der Waals surface area (Å²) in [6, 6.07) is 15.0. The minimum atomic E-state index is -0.162. The molecule has 2 aromatic carbocycles. The van der Waals surface area contributed by atoms with Crippen LogP contribution in [0.4, 0.5) is 5.69 Å². The Bertz CT molecular complexity index is 804. The van der Waals surface area contributed by atoms with E-state index in [0.29, 0.717) is 5.56 Å². The Morgan fingerprint density at radius 3 is 2.36 bits per heavy atom. The zero-order valence-corrected chi connectivity index (χ0v) is 18.0. The number of methoxy groups -OCH3 is 1. The zero-order valence-electron chi connectivity index (χ0n) is 17.2. The Kier molecular flexibility index (Phi) is 7.93. The van der Waals surface area contributed by atoms with Crippen LogP contribution in [0.1, 0.15) is 43.1 Å². The predicted molar refractivity (Wildman–Crippen MR) is 120 cm³/mol. The molecule has 0 bridgehead atoms. The molecule has 0 radical (unpaired) electrons. The number of thioether (sulfide) groups is 1. The Morgan fingerprint density at radius 2 is 1.79 bits per heavy atom. The summed E-state index contributed by atoms with van der Waals surface area (Å²) >= 11 is 1.74. The van der Waals surface area contributed by atoms with Crippen molar-refractivity contribution in [1.82, 2.24) is 5.32 Å². The number of aliphatic imine (C=N–C) groups is 1. The van der Waals surface area contributed by atoms with Gasteiger partial charge in [0.15, 0.2) is 5.17 Å². The fourth-order valence-corrected chi connectivity index (χ4v) is 4.02. The first-order chi connectivity index (χ1) is 13.5. The monoisotopic (exact) mass is 399 g/mol. The van der Waals surface area contributed by atoms with Gasteiger partial charge < -0.3 is 15.4 Å². The lowest BCUT2D eigenvalue weighted by Gasteiger charge is -2.36. The molecule has 150 valence electrons. The molecule has 1 fully saturated rings.